The SMILES string of the molecule is CCN(C(=O)c1cc(C)cc(C)c1)c1ccc(CN)cc1. The van der Waals surface area contributed by atoms with Crippen LogP contribution in [-0.4, -0.2) is 12.5 Å². The summed E-state index contributed by atoms with van der Waals surface area (Å²) in [4.78, 5) is 14.5. The van der Waals surface area contributed by atoms with E-state index in [0.717, 1.165) is 27.9 Å². The highest BCUT2D eigenvalue weighted by Gasteiger charge is 2.16. The summed E-state index contributed by atoms with van der Waals surface area (Å²) in [6.07, 6.45) is 0. The van der Waals surface area contributed by atoms with Crippen LogP contribution in [0.15, 0.2) is 42.5 Å². The molecule has 3 heteroatoms. The molecule has 3 nitrogen and oxygen atoms in total. The number of hydrogen-bond donors (Lipinski definition) is 1. The molecule has 0 heterocycles. The third-order valence-electron chi connectivity index (χ3n) is 3.51. The second-order valence-electron chi connectivity index (χ2n) is 5.30. The number of aryl methyl sites for hydroxylation is 2. The molecule has 0 aliphatic heterocycles. The molecular weight excluding hydrogens is 260 g/mol. The minimum atomic E-state index is 0.0322. The number of carbonyl (C=O) groups excluding carboxylic acids is 1. The van der Waals surface area contributed by atoms with Crippen molar-refractivity contribution < 1.29 is 4.79 Å². The molecule has 0 radical (unpaired) electrons. The maximum Gasteiger partial charge on any atom is 0.258 e. The van der Waals surface area contributed by atoms with E-state index in [-0.39, 0.29) is 5.91 Å². The van der Waals surface area contributed by atoms with E-state index in [4.69, 9.17) is 5.73 Å². The Morgan fingerprint density at radius 3 is 2.10 bits per heavy atom. The molecule has 0 bridgehead atoms. The van der Waals surface area contributed by atoms with Crippen molar-refractivity contribution in [1.82, 2.24) is 0 Å². The van der Waals surface area contributed by atoms with Gasteiger partial charge >= 0.3 is 0 Å². The van der Waals surface area contributed by atoms with Gasteiger partial charge in [-0.05, 0) is 50.6 Å². The molecule has 0 saturated heterocycles. The fourth-order valence-corrected chi connectivity index (χ4v) is 2.51. The summed E-state index contributed by atoms with van der Waals surface area (Å²) in [6, 6.07) is 13.8. The van der Waals surface area contributed by atoms with Crippen LogP contribution in [0.4, 0.5) is 5.69 Å². The van der Waals surface area contributed by atoms with E-state index >= 15 is 0 Å². The minimum absolute atomic E-state index is 0.0322. The monoisotopic (exact) mass is 282 g/mol. The van der Waals surface area contributed by atoms with Gasteiger partial charge in [-0.25, -0.2) is 0 Å². The predicted octanol–water partition coefficient (Wildman–Crippen LogP) is 3.43. The zero-order chi connectivity index (χ0) is 15.4. The second kappa shape index (κ2) is 6.55. The lowest BCUT2D eigenvalue weighted by atomic mass is 10.1. The standard InChI is InChI=1S/C18H22N2O/c1-4-20(17-7-5-15(12-19)6-8-17)18(21)16-10-13(2)9-14(3)11-16/h5-11H,4,12,19H2,1-3H3. The molecule has 21 heavy (non-hydrogen) atoms. The minimum Gasteiger partial charge on any atom is -0.326 e. The van der Waals surface area contributed by atoms with Gasteiger partial charge in [-0.15, -0.1) is 0 Å². The van der Waals surface area contributed by atoms with Gasteiger partial charge in [0.1, 0.15) is 0 Å². The summed E-state index contributed by atoms with van der Waals surface area (Å²) in [5.74, 6) is 0.0322. The molecule has 0 fully saturated rings. The van der Waals surface area contributed by atoms with Gasteiger partial charge in [0.05, 0.1) is 0 Å². The van der Waals surface area contributed by atoms with Crippen molar-refractivity contribution in [3.8, 4) is 0 Å². The number of hydrogen-bond acceptors (Lipinski definition) is 2. The van der Waals surface area contributed by atoms with Crippen molar-refractivity contribution in [3.63, 3.8) is 0 Å². The van der Waals surface area contributed by atoms with Crippen molar-refractivity contribution >= 4 is 11.6 Å². The number of amides is 1. The molecule has 2 rings (SSSR count). The molecule has 0 saturated carbocycles. The highest BCUT2D eigenvalue weighted by Crippen LogP contribution is 2.19. The van der Waals surface area contributed by atoms with Gasteiger partial charge in [0, 0.05) is 24.3 Å². The summed E-state index contributed by atoms with van der Waals surface area (Å²) in [5.41, 5.74) is 10.5. The largest absolute Gasteiger partial charge is 0.326 e. The van der Waals surface area contributed by atoms with E-state index < -0.39 is 0 Å². The van der Waals surface area contributed by atoms with Gasteiger partial charge in [-0.3, -0.25) is 4.79 Å². The van der Waals surface area contributed by atoms with E-state index in [1.165, 1.54) is 0 Å². The Balaban J connectivity index is 2.33. The summed E-state index contributed by atoms with van der Waals surface area (Å²) >= 11 is 0. The molecule has 0 unspecified atom stereocenters. The molecule has 0 aliphatic rings. The second-order valence-corrected chi connectivity index (χ2v) is 5.30. The molecule has 0 aliphatic carbocycles. The lowest BCUT2D eigenvalue weighted by molar-refractivity contribution is 0.0988. The van der Waals surface area contributed by atoms with Crippen LogP contribution in [-0.2, 0) is 6.54 Å². The average Bonchev–Trinajstić information content (AvgIpc) is 2.47. The predicted molar refractivity (Wildman–Crippen MR) is 87.6 cm³/mol. The zero-order valence-corrected chi connectivity index (χ0v) is 12.9. The Labute approximate surface area is 126 Å². The van der Waals surface area contributed by atoms with Crippen molar-refractivity contribution in [3.05, 3.63) is 64.7 Å². The highest BCUT2D eigenvalue weighted by atomic mass is 16.2. The Bertz CT molecular complexity index is 612. The molecule has 2 aromatic carbocycles. The van der Waals surface area contributed by atoms with E-state index in [9.17, 15) is 4.79 Å². The Morgan fingerprint density at radius 2 is 1.62 bits per heavy atom. The van der Waals surface area contributed by atoms with Gasteiger partial charge < -0.3 is 10.6 Å². The van der Waals surface area contributed by atoms with Crippen molar-refractivity contribution in [2.24, 2.45) is 5.73 Å². The fourth-order valence-electron chi connectivity index (χ4n) is 2.51. The van der Waals surface area contributed by atoms with Crippen LogP contribution < -0.4 is 10.6 Å². The zero-order valence-electron chi connectivity index (χ0n) is 12.9. The maximum absolute atomic E-state index is 12.7. The van der Waals surface area contributed by atoms with Gasteiger partial charge in [0.15, 0.2) is 0 Å². The van der Waals surface area contributed by atoms with Gasteiger partial charge in [-0.1, -0.05) is 29.3 Å². The summed E-state index contributed by atoms with van der Waals surface area (Å²) in [7, 11) is 0. The third kappa shape index (κ3) is 3.50. The number of nitrogens with two attached hydrogens (primary N) is 1. The maximum atomic E-state index is 12.7. The van der Waals surface area contributed by atoms with Gasteiger partial charge in [0.2, 0.25) is 0 Å². The van der Waals surface area contributed by atoms with Gasteiger partial charge in [0.25, 0.3) is 5.91 Å². The first-order valence-electron chi connectivity index (χ1n) is 7.24. The van der Waals surface area contributed by atoms with Crippen LogP contribution in [0.25, 0.3) is 0 Å². The molecule has 0 atom stereocenters. The lowest BCUT2D eigenvalue weighted by Gasteiger charge is -2.22. The number of nitrogens with zero attached hydrogens (tertiary/aromatic N) is 1. The topological polar surface area (TPSA) is 46.3 Å². The number of rotatable bonds is 4. The molecule has 110 valence electrons. The van der Waals surface area contributed by atoms with Crippen LogP contribution in [0.1, 0.15) is 34.0 Å². The quantitative estimate of drug-likeness (QED) is 0.934. The van der Waals surface area contributed by atoms with E-state index in [1.54, 1.807) is 4.90 Å². The Morgan fingerprint density at radius 1 is 1.05 bits per heavy atom. The molecule has 0 aromatic heterocycles. The number of benzene rings is 2. The van der Waals surface area contributed by atoms with Crippen molar-refractivity contribution in [2.45, 2.75) is 27.3 Å². The molecule has 1 amide bonds. The van der Waals surface area contributed by atoms with Crippen molar-refractivity contribution in [2.75, 3.05) is 11.4 Å². The summed E-state index contributed by atoms with van der Waals surface area (Å²) in [6.45, 7) is 7.15. The molecule has 2 aromatic rings. The first-order chi connectivity index (χ1) is 10.0. The lowest BCUT2D eigenvalue weighted by Crippen LogP contribution is -2.30. The van der Waals surface area contributed by atoms with E-state index in [1.807, 2.05) is 57.2 Å². The average molecular weight is 282 g/mol. The summed E-state index contributed by atoms with van der Waals surface area (Å²) in [5, 5.41) is 0. The number of carbonyl (C=O) groups is 1. The van der Waals surface area contributed by atoms with Crippen LogP contribution in [0.2, 0.25) is 0 Å². The smallest absolute Gasteiger partial charge is 0.258 e. The first kappa shape index (κ1) is 15.3. The van der Waals surface area contributed by atoms with Crippen molar-refractivity contribution in [1.29, 1.82) is 0 Å². The first-order valence-corrected chi connectivity index (χ1v) is 7.24. The van der Waals surface area contributed by atoms with Crippen LogP contribution in [0, 0.1) is 13.8 Å². The van der Waals surface area contributed by atoms with Crippen LogP contribution in [0.5, 0.6) is 0 Å². The normalized spacial score (nSPS) is 10.5. The number of anilines is 1. The molecule has 0 spiro atoms. The van der Waals surface area contributed by atoms with E-state index in [0.29, 0.717) is 13.1 Å². The van der Waals surface area contributed by atoms with E-state index in [2.05, 4.69) is 6.07 Å². The van der Waals surface area contributed by atoms with Crippen LogP contribution >= 0.6 is 0 Å². The molecular formula is C18H22N2O. The highest BCUT2D eigenvalue weighted by molar-refractivity contribution is 6.06. The van der Waals surface area contributed by atoms with Gasteiger partial charge in [-0.2, -0.15) is 0 Å². The summed E-state index contributed by atoms with van der Waals surface area (Å²) < 4.78 is 0. The van der Waals surface area contributed by atoms with Crippen LogP contribution in [0.3, 0.4) is 0 Å². The Kier molecular flexibility index (Phi) is 4.76. The Hall–Kier alpha value is -2.13. The fraction of sp³-hybridized carbons (Fsp3) is 0.278. The molecule has 2 N–H and O–H groups in total. The third-order valence-corrected chi connectivity index (χ3v) is 3.51.